The minimum atomic E-state index is -4.72. The first kappa shape index (κ1) is 20.1. The molecule has 0 atom stereocenters. The second kappa shape index (κ2) is 7.23. The summed E-state index contributed by atoms with van der Waals surface area (Å²) in [6.45, 7) is 3.97. The highest BCUT2D eigenvalue weighted by molar-refractivity contribution is 9.10. The molecule has 9 nitrogen and oxygen atoms in total. The summed E-state index contributed by atoms with van der Waals surface area (Å²) < 4.78 is 43.2. The fraction of sp³-hybridized carbons (Fsp3) is 0.235. The van der Waals surface area contributed by atoms with Crippen molar-refractivity contribution >= 4 is 33.2 Å². The normalized spacial score (nSPS) is 11.9. The molecule has 0 saturated carbocycles. The Labute approximate surface area is 175 Å². The van der Waals surface area contributed by atoms with Crippen LogP contribution in [0.1, 0.15) is 28.8 Å². The molecule has 1 amide bonds. The average Bonchev–Trinajstić information content (AvgIpc) is 3.38. The highest BCUT2D eigenvalue weighted by Crippen LogP contribution is 2.35. The van der Waals surface area contributed by atoms with Gasteiger partial charge in [-0.25, -0.2) is 9.50 Å². The second-order valence-corrected chi connectivity index (χ2v) is 7.19. The van der Waals surface area contributed by atoms with E-state index in [0.717, 1.165) is 4.47 Å². The lowest BCUT2D eigenvalue weighted by molar-refractivity contribution is -0.140. The predicted molar refractivity (Wildman–Crippen MR) is 104 cm³/mol. The molecule has 0 bridgehead atoms. The Morgan fingerprint density at radius 2 is 2.10 bits per heavy atom. The monoisotopic (exact) mass is 482 g/mol. The zero-order valence-electron chi connectivity index (χ0n) is 15.6. The number of hydrogen-bond acceptors (Lipinski definition) is 5. The number of amides is 1. The van der Waals surface area contributed by atoms with Gasteiger partial charge in [0.2, 0.25) is 0 Å². The Morgan fingerprint density at radius 1 is 1.33 bits per heavy atom. The van der Waals surface area contributed by atoms with Gasteiger partial charge in [-0.15, -0.1) is 0 Å². The zero-order chi connectivity index (χ0) is 21.6. The minimum absolute atomic E-state index is 0.0762. The van der Waals surface area contributed by atoms with E-state index in [4.69, 9.17) is 0 Å². The van der Waals surface area contributed by atoms with E-state index in [1.54, 1.807) is 16.9 Å². The van der Waals surface area contributed by atoms with E-state index in [1.165, 1.54) is 23.7 Å². The van der Waals surface area contributed by atoms with Gasteiger partial charge in [0.25, 0.3) is 5.91 Å². The van der Waals surface area contributed by atoms with Gasteiger partial charge in [-0.3, -0.25) is 14.6 Å². The van der Waals surface area contributed by atoms with Crippen LogP contribution in [0.25, 0.3) is 17.0 Å². The highest BCUT2D eigenvalue weighted by Gasteiger charge is 2.38. The van der Waals surface area contributed by atoms with E-state index in [0.29, 0.717) is 23.6 Å². The number of H-pyrrole nitrogens is 1. The molecule has 13 heteroatoms. The molecule has 4 aromatic heterocycles. The van der Waals surface area contributed by atoms with E-state index in [9.17, 15) is 18.0 Å². The van der Waals surface area contributed by atoms with Crippen LogP contribution in [0.5, 0.6) is 0 Å². The summed E-state index contributed by atoms with van der Waals surface area (Å²) in [5.74, 6) is -0.820. The summed E-state index contributed by atoms with van der Waals surface area (Å²) >= 11 is 3.45. The second-order valence-electron chi connectivity index (χ2n) is 6.34. The standard InChI is InChI=1S/C17H14BrF3N8O/c1-3-28-7-9(18)14(27-28)11-4-5-22-12-6-10(26-29(11)12)16(30)23-13-8(2)24-25-15(13)17(19,20)21/h4-7H,3H2,1-2H3,(H,23,30)(H,24,25). The maximum Gasteiger partial charge on any atom is 0.437 e. The molecule has 30 heavy (non-hydrogen) atoms. The summed E-state index contributed by atoms with van der Waals surface area (Å²) in [5, 5.41) is 16.4. The van der Waals surface area contributed by atoms with Crippen molar-refractivity contribution in [3.8, 4) is 11.4 Å². The number of aryl methyl sites for hydroxylation is 2. The van der Waals surface area contributed by atoms with E-state index in [2.05, 4.69) is 46.6 Å². The van der Waals surface area contributed by atoms with Crippen LogP contribution in [-0.4, -0.2) is 40.5 Å². The van der Waals surface area contributed by atoms with Crippen molar-refractivity contribution < 1.29 is 18.0 Å². The molecule has 4 rings (SSSR count). The van der Waals surface area contributed by atoms with Crippen molar-refractivity contribution in [2.75, 3.05) is 5.32 Å². The molecule has 4 aromatic rings. The molecular formula is C17H14BrF3N8O. The van der Waals surface area contributed by atoms with Crippen LogP contribution in [0, 0.1) is 6.92 Å². The van der Waals surface area contributed by atoms with E-state index in [-0.39, 0.29) is 11.4 Å². The molecule has 2 N–H and O–H groups in total. The van der Waals surface area contributed by atoms with Gasteiger partial charge in [0.1, 0.15) is 5.69 Å². The first-order chi connectivity index (χ1) is 14.2. The van der Waals surface area contributed by atoms with Crippen LogP contribution in [0.4, 0.5) is 18.9 Å². The van der Waals surface area contributed by atoms with Crippen LogP contribution in [0.15, 0.2) is 29.0 Å². The highest BCUT2D eigenvalue weighted by atomic mass is 79.9. The summed E-state index contributed by atoms with van der Waals surface area (Å²) in [4.78, 5) is 16.8. The predicted octanol–water partition coefficient (Wildman–Crippen LogP) is 3.68. The topological polar surface area (TPSA) is 106 Å². The number of carbonyl (C=O) groups is 1. The third-order valence-corrected chi connectivity index (χ3v) is 4.91. The molecule has 0 unspecified atom stereocenters. The largest absolute Gasteiger partial charge is 0.437 e. The first-order valence-electron chi connectivity index (χ1n) is 8.70. The molecule has 4 heterocycles. The van der Waals surface area contributed by atoms with Crippen molar-refractivity contribution in [3.63, 3.8) is 0 Å². The first-order valence-corrected chi connectivity index (χ1v) is 9.50. The van der Waals surface area contributed by atoms with Gasteiger partial charge < -0.3 is 5.32 Å². The van der Waals surface area contributed by atoms with Gasteiger partial charge in [0.05, 0.1) is 21.5 Å². The van der Waals surface area contributed by atoms with Gasteiger partial charge >= 0.3 is 6.18 Å². The Hall–Kier alpha value is -3.22. The lowest BCUT2D eigenvalue weighted by atomic mass is 10.2. The summed E-state index contributed by atoms with van der Waals surface area (Å²) in [6.07, 6.45) is -1.38. The number of anilines is 1. The van der Waals surface area contributed by atoms with Crippen LogP contribution in [0.2, 0.25) is 0 Å². The minimum Gasteiger partial charge on any atom is -0.317 e. The maximum absolute atomic E-state index is 13.1. The maximum atomic E-state index is 13.1. The number of fused-ring (bicyclic) bond motifs is 1. The molecule has 0 aliphatic carbocycles. The molecule has 0 saturated heterocycles. The van der Waals surface area contributed by atoms with E-state index >= 15 is 0 Å². The van der Waals surface area contributed by atoms with Crippen LogP contribution >= 0.6 is 15.9 Å². The Morgan fingerprint density at radius 3 is 2.77 bits per heavy atom. The molecule has 156 valence electrons. The Bertz CT molecular complexity index is 1260. The van der Waals surface area contributed by atoms with Gasteiger partial charge in [-0.05, 0) is 35.8 Å². The number of nitrogens with zero attached hydrogens (tertiary/aromatic N) is 6. The Kier molecular flexibility index (Phi) is 4.84. The van der Waals surface area contributed by atoms with Crippen LogP contribution in [-0.2, 0) is 12.7 Å². The molecular weight excluding hydrogens is 469 g/mol. The number of nitrogens with one attached hydrogen (secondary N) is 2. The van der Waals surface area contributed by atoms with Crippen LogP contribution < -0.4 is 5.32 Å². The lowest BCUT2D eigenvalue weighted by Crippen LogP contribution is -2.17. The smallest absolute Gasteiger partial charge is 0.317 e. The fourth-order valence-electron chi connectivity index (χ4n) is 2.88. The number of hydrogen-bond donors (Lipinski definition) is 2. The number of aromatic amines is 1. The number of halogens is 4. The fourth-order valence-corrected chi connectivity index (χ4v) is 3.40. The number of aromatic nitrogens is 7. The van der Waals surface area contributed by atoms with Crippen LogP contribution in [0.3, 0.4) is 0 Å². The van der Waals surface area contributed by atoms with Crippen molar-refractivity contribution in [2.24, 2.45) is 0 Å². The molecule has 0 aliphatic heterocycles. The molecule has 0 fully saturated rings. The van der Waals surface area contributed by atoms with E-state index in [1.807, 2.05) is 6.92 Å². The molecule has 0 radical (unpaired) electrons. The lowest BCUT2D eigenvalue weighted by Gasteiger charge is -2.07. The Balaban J connectivity index is 1.72. The quantitative estimate of drug-likeness (QED) is 0.461. The van der Waals surface area contributed by atoms with Gasteiger partial charge in [-0.2, -0.15) is 28.5 Å². The molecule has 0 spiro atoms. The molecule has 0 aromatic carbocycles. The van der Waals surface area contributed by atoms with Gasteiger partial charge in [-0.1, -0.05) is 0 Å². The van der Waals surface area contributed by atoms with Gasteiger partial charge in [0, 0.05) is 25.0 Å². The van der Waals surface area contributed by atoms with E-state index < -0.39 is 23.5 Å². The summed E-state index contributed by atoms with van der Waals surface area (Å²) in [7, 11) is 0. The summed E-state index contributed by atoms with van der Waals surface area (Å²) in [6, 6.07) is 3.06. The van der Waals surface area contributed by atoms with Gasteiger partial charge in [0.15, 0.2) is 17.0 Å². The summed E-state index contributed by atoms with van der Waals surface area (Å²) in [5.41, 5.74) is -0.178. The zero-order valence-corrected chi connectivity index (χ0v) is 17.2. The van der Waals surface area contributed by atoms with Crippen molar-refractivity contribution in [3.05, 3.63) is 46.1 Å². The number of rotatable bonds is 4. The van der Waals surface area contributed by atoms with Crippen molar-refractivity contribution in [2.45, 2.75) is 26.6 Å². The number of alkyl halides is 3. The molecule has 0 aliphatic rings. The number of carbonyl (C=O) groups excluding carboxylic acids is 1. The third-order valence-electron chi connectivity index (χ3n) is 4.33. The van der Waals surface area contributed by atoms with Crippen molar-refractivity contribution in [1.82, 2.24) is 34.6 Å². The average molecular weight is 483 g/mol. The SMILES string of the molecule is CCn1cc(Br)c(-c2ccnc3cc(C(=O)Nc4c(C(F)(F)F)n[nH]c4C)nn23)n1. The third kappa shape index (κ3) is 3.44. The van der Waals surface area contributed by atoms with Crippen molar-refractivity contribution in [1.29, 1.82) is 0 Å².